The molecule has 32 heavy (non-hydrogen) atoms. The zero-order valence-electron chi connectivity index (χ0n) is 17.5. The van der Waals surface area contributed by atoms with Crippen LogP contribution in [-0.2, 0) is 14.3 Å². The van der Waals surface area contributed by atoms with Crippen LogP contribution in [0.2, 0.25) is 5.02 Å². The van der Waals surface area contributed by atoms with Gasteiger partial charge in [-0.15, -0.1) is 0 Å². The maximum absolute atomic E-state index is 12.8. The number of halogens is 1. The molecule has 0 saturated carbocycles. The molecule has 8 nitrogen and oxygen atoms in total. The minimum atomic E-state index is -0.749. The van der Waals surface area contributed by atoms with E-state index in [4.69, 9.17) is 21.1 Å². The SMILES string of the molecule is CC1CN(C(=O)COC(=O)c2ccc3c(c2)C(=O)N(c2ccc(Cl)cc2)C3=O)CC(C)O1. The molecule has 2 heterocycles. The van der Waals surface area contributed by atoms with E-state index in [1.807, 2.05) is 13.8 Å². The lowest BCUT2D eigenvalue weighted by Gasteiger charge is -2.35. The molecule has 0 aromatic heterocycles. The number of nitrogens with zero attached hydrogens (tertiary/aromatic N) is 2. The summed E-state index contributed by atoms with van der Waals surface area (Å²) in [5.74, 6) is -2.10. The number of esters is 1. The number of morpholine rings is 1. The summed E-state index contributed by atoms with van der Waals surface area (Å²) < 4.78 is 10.8. The fraction of sp³-hybridized carbons (Fsp3) is 0.304. The first-order chi connectivity index (χ1) is 15.2. The highest BCUT2D eigenvalue weighted by Gasteiger charge is 2.37. The van der Waals surface area contributed by atoms with E-state index in [9.17, 15) is 19.2 Å². The summed E-state index contributed by atoms with van der Waals surface area (Å²) in [6, 6.07) is 10.4. The van der Waals surface area contributed by atoms with E-state index in [0.29, 0.717) is 23.8 Å². The summed E-state index contributed by atoms with van der Waals surface area (Å²) in [6.07, 6.45) is -0.190. The lowest BCUT2D eigenvalue weighted by molar-refractivity contribution is -0.146. The number of anilines is 1. The molecule has 2 aromatic carbocycles. The standard InChI is InChI=1S/C23H21ClN2O6/c1-13-10-25(11-14(2)32-13)20(27)12-31-23(30)15-3-8-18-19(9-15)22(29)26(21(18)28)17-6-4-16(24)5-7-17/h3-9,13-14H,10-12H2,1-2H3. The number of imide groups is 1. The van der Waals surface area contributed by atoms with E-state index >= 15 is 0 Å². The third-order valence-electron chi connectivity index (χ3n) is 5.31. The lowest BCUT2D eigenvalue weighted by Crippen LogP contribution is -2.49. The van der Waals surface area contributed by atoms with Crippen molar-refractivity contribution in [2.75, 3.05) is 24.6 Å². The molecule has 4 rings (SSSR count). The van der Waals surface area contributed by atoms with Gasteiger partial charge in [-0.2, -0.15) is 0 Å². The highest BCUT2D eigenvalue weighted by Crippen LogP contribution is 2.30. The number of amides is 3. The van der Waals surface area contributed by atoms with Crippen molar-refractivity contribution in [1.29, 1.82) is 0 Å². The van der Waals surface area contributed by atoms with Crippen molar-refractivity contribution >= 4 is 41.0 Å². The van der Waals surface area contributed by atoms with Crippen molar-refractivity contribution in [2.45, 2.75) is 26.1 Å². The van der Waals surface area contributed by atoms with Gasteiger partial charge in [-0.05, 0) is 56.3 Å². The van der Waals surface area contributed by atoms with Gasteiger partial charge >= 0.3 is 5.97 Å². The van der Waals surface area contributed by atoms with Crippen molar-refractivity contribution < 1.29 is 28.7 Å². The highest BCUT2D eigenvalue weighted by molar-refractivity contribution is 6.35. The van der Waals surface area contributed by atoms with Gasteiger partial charge in [-0.3, -0.25) is 14.4 Å². The van der Waals surface area contributed by atoms with Crippen molar-refractivity contribution in [3.8, 4) is 0 Å². The van der Waals surface area contributed by atoms with Crippen LogP contribution in [0.5, 0.6) is 0 Å². The van der Waals surface area contributed by atoms with Crippen molar-refractivity contribution in [1.82, 2.24) is 4.90 Å². The summed E-state index contributed by atoms with van der Waals surface area (Å²) in [5.41, 5.74) is 0.749. The monoisotopic (exact) mass is 456 g/mol. The maximum atomic E-state index is 12.8. The van der Waals surface area contributed by atoms with Crippen LogP contribution in [0, 0.1) is 0 Å². The Labute approximate surface area is 189 Å². The smallest absolute Gasteiger partial charge is 0.338 e. The first-order valence-electron chi connectivity index (χ1n) is 10.1. The van der Waals surface area contributed by atoms with E-state index in [0.717, 1.165) is 4.90 Å². The van der Waals surface area contributed by atoms with Gasteiger partial charge in [-0.25, -0.2) is 9.69 Å². The molecule has 2 aliphatic rings. The van der Waals surface area contributed by atoms with E-state index in [1.165, 1.54) is 18.2 Å². The lowest BCUT2D eigenvalue weighted by atomic mass is 10.1. The van der Waals surface area contributed by atoms with Crippen molar-refractivity contribution in [3.05, 3.63) is 64.2 Å². The molecule has 2 atom stereocenters. The first kappa shape index (κ1) is 22.0. The summed E-state index contributed by atoms with van der Waals surface area (Å²) in [5, 5.41) is 0.478. The van der Waals surface area contributed by atoms with Gasteiger partial charge in [0.15, 0.2) is 6.61 Å². The van der Waals surface area contributed by atoms with Crippen LogP contribution in [0.25, 0.3) is 0 Å². The molecular formula is C23H21ClN2O6. The number of hydrogen-bond donors (Lipinski definition) is 0. The highest BCUT2D eigenvalue weighted by atomic mass is 35.5. The van der Waals surface area contributed by atoms with Crippen LogP contribution in [0.3, 0.4) is 0 Å². The largest absolute Gasteiger partial charge is 0.452 e. The van der Waals surface area contributed by atoms with E-state index in [1.54, 1.807) is 29.2 Å². The van der Waals surface area contributed by atoms with Gasteiger partial charge in [-0.1, -0.05) is 11.6 Å². The van der Waals surface area contributed by atoms with Gasteiger partial charge in [0.2, 0.25) is 0 Å². The number of hydrogen-bond acceptors (Lipinski definition) is 6. The Morgan fingerprint density at radius 2 is 1.62 bits per heavy atom. The Kier molecular flexibility index (Phi) is 5.99. The van der Waals surface area contributed by atoms with Gasteiger partial charge in [0.1, 0.15) is 0 Å². The normalized spacial score (nSPS) is 20.3. The second-order valence-electron chi connectivity index (χ2n) is 7.81. The molecule has 1 fully saturated rings. The first-order valence-corrected chi connectivity index (χ1v) is 10.5. The summed E-state index contributed by atoms with van der Waals surface area (Å²) in [4.78, 5) is 53.1. The summed E-state index contributed by atoms with van der Waals surface area (Å²) in [7, 11) is 0. The van der Waals surface area contributed by atoms with Gasteiger partial charge < -0.3 is 14.4 Å². The molecule has 3 amide bonds. The zero-order valence-corrected chi connectivity index (χ0v) is 18.3. The Hall–Kier alpha value is -3.23. The predicted molar refractivity (Wildman–Crippen MR) is 116 cm³/mol. The van der Waals surface area contributed by atoms with Gasteiger partial charge in [0.25, 0.3) is 17.7 Å². The fourth-order valence-corrected chi connectivity index (χ4v) is 4.00. The topological polar surface area (TPSA) is 93.2 Å². The Morgan fingerprint density at radius 3 is 2.28 bits per heavy atom. The molecule has 166 valence electrons. The average Bonchev–Trinajstić information content (AvgIpc) is 3.01. The molecule has 1 saturated heterocycles. The molecule has 2 aromatic rings. The van der Waals surface area contributed by atoms with Crippen LogP contribution in [0.1, 0.15) is 44.9 Å². The van der Waals surface area contributed by atoms with E-state index in [-0.39, 0.29) is 34.8 Å². The minimum Gasteiger partial charge on any atom is -0.452 e. The molecule has 2 aliphatic heterocycles. The number of fused-ring (bicyclic) bond motifs is 1. The second kappa shape index (κ2) is 8.72. The molecular weight excluding hydrogens is 436 g/mol. The van der Waals surface area contributed by atoms with Gasteiger partial charge in [0.05, 0.1) is 34.6 Å². The van der Waals surface area contributed by atoms with Crippen LogP contribution >= 0.6 is 11.6 Å². The second-order valence-corrected chi connectivity index (χ2v) is 8.25. The number of ether oxygens (including phenoxy) is 2. The predicted octanol–water partition coefficient (Wildman–Crippen LogP) is 2.93. The Bertz CT molecular complexity index is 1090. The zero-order chi connectivity index (χ0) is 23.0. The molecule has 0 radical (unpaired) electrons. The Morgan fingerprint density at radius 1 is 1.00 bits per heavy atom. The third-order valence-corrected chi connectivity index (χ3v) is 5.56. The molecule has 0 bridgehead atoms. The number of carbonyl (C=O) groups excluding carboxylic acids is 4. The molecule has 0 N–H and O–H groups in total. The third kappa shape index (κ3) is 4.24. The van der Waals surface area contributed by atoms with Crippen LogP contribution in [0.15, 0.2) is 42.5 Å². The maximum Gasteiger partial charge on any atom is 0.338 e. The summed E-state index contributed by atoms with van der Waals surface area (Å²) in [6.45, 7) is 4.18. The average molecular weight is 457 g/mol. The van der Waals surface area contributed by atoms with E-state index < -0.39 is 24.4 Å². The molecule has 0 spiro atoms. The summed E-state index contributed by atoms with van der Waals surface area (Å²) >= 11 is 5.88. The quantitative estimate of drug-likeness (QED) is 0.518. The van der Waals surface area contributed by atoms with Crippen LogP contribution in [-0.4, -0.2) is 60.5 Å². The number of rotatable bonds is 4. The van der Waals surface area contributed by atoms with Crippen LogP contribution in [0.4, 0.5) is 5.69 Å². The minimum absolute atomic E-state index is 0.0827. The molecule has 0 aliphatic carbocycles. The van der Waals surface area contributed by atoms with Crippen molar-refractivity contribution in [2.24, 2.45) is 0 Å². The van der Waals surface area contributed by atoms with Crippen molar-refractivity contribution in [3.63, 3.8) is 0 Å². The molecule has 2 unspecified atom stereocenters. The van der Waals surface area contributed by atoms with Crippen LogP contribution < -0.4 is 4.90 Å². The number of carbonyl (C=O) groups is 4. The van der Waals surface area contributed by atoms with E-state index in [2.05, 4.69) is 0 Å². The van der Waals surface area contributed by atoms with Gasteiger partial charge in [0, 0.05) is 18.1 Å². The Balaban J connectivity index is 1.45. The number of benzene rings is 2. The fourth-order valence-electron chi connectivity index (χ4n) is 3.88. The molecule has 9 heteroatoms.